The van der Waals surface area contributed by atoms with Crippen molar-refractivity contribution >= 4 is 27.6 Å². The number of ether oxygens (including phenoxy) is 2. The van der Waals surface area contributed by atoms with Crippen molar-refractivity contribution < 1.29 is 31.9 Å². The Morgan fingerprint density at radius 2 is 2.05 bits per heavy atom. The second-order valence-electron chi connectivity index (χ2n) is 9.79. The summed E-state index contributed by atoms with van der Waals surface area (Å²) in [6.45, 7) is 4.97. The Morgan fingerprint density at radius 1 is 1.24 bits per heavy atom. The Hall–Kier alpha value is -3.18. The van der Waals surface area contributed by atoms with Gasteiger partial charge in [0.2, 0.25) is 5.91 Å². The zero-order valence-corrected chi connectivity index (χ0v) is 21.6. The average molecular weight is 532 g/mol. The summed E-state index contributed by atoms with van der Waals surface area (Å²) in [6, 6.07) is 6.42. The fourth-order valence-corrected chi connectivity index (χ4v) is 6.57. The first-order chi connectivity index (χ1) is 17.7. The van der Waals surface area contributed by atoms with Crippen LogP contribution in [-0.4, -0.2) is 64.6 Å². The molecule has 2 aliphatic heterocycles. The molecule has 11 heteroatoms. The molecule has 5 rings (SSSR count). The molecule has 37 heavy (non-hydrogen) atoms. The standard InChI is InChI=1S/C26H30FN3O6S/c1-3-30-9-8-18(13-30)28-23(31)12-15-10-17(27)4-7-22(15)37(33,34)29-21-6-5-19-20-11-16(20)14-36-25(19)24(21)26(32)35-2/h4-7,10,16,18,20,29H,3,8-9,11-14H2,1-2H3,(H,28,31)/t16?,18-,20?/m1/s1. The van der Waals surface area contributed by atoms with E-state index in [0.29, 0.717) is 18.3 Å². The number of halogens is 1. The van der Waals surface area contributed by atoms with Crippen LogP contribution < -0.4 is 14.8 Å². The Labute approximate surface area is 215 Å². The predicted molar refractivity (Wildman–Crippen MR) is 134 cm³/mol. The van der Waals surface area contributed by atoms with Crippen molar-refractivity contribution in [2.45, 2.75) is 43.0 Å². The van der Waals surface area contributed by atoms with Gasteiger partial charge in [-0.2, -0.15) is 0 Å². The van der Waals surface area contributed by atoms with Crippen LogP contribution in [0.3, 0.4) is 0 Å². The van der Waals surface area contributed by atoms with E-state index >= 15 is 0 Å². The van der Waals surface area contributed by atoms with Gasteiger partial charge in [-0.15, -0.1) is 0 Å². The molecule has 2 aromatic carbocycles. The lowest BCUT2D eigenvalue weighted by atomic mass is 10.0. The fraction of sp³-hybridized carbons (Fsp3) is 0.462. The number of sulfonamides is 1. The lowest BCUT2D eigenvalue weighted by Gasteiger charge is -2.22. The number of carbonyl (C=O) groups is 2. The quantitative estimate of drug-likeness (QED) is 0.504. The number of rotatable bonds is 8. The highest BCUT2D eigenvalue weighted by Gasteiger charge is 2.45. The van der Waals surface area contributed by atoms with E-state index in [4.69, 9.17) is 9.47 Å². The number of methoxy groups -OCH3 is 1. The molecule has 0 spiro atoms. The van der Waals surface area contributed by atoms with Gasteiger partial charge < -0.3 is 19.7 Å². The second-order valence-corrected chi connectivity index (χ2v) is 11.4. The van der Waals surface area contributed by atoms with E-state index in [-0.39, 0.29) is 46.0 Å². The van der Waals surface area contributed by atoms with Crippen LogP contribution in [0.15, 0.2) is 35.2 Å². The maximum atomic E-state index is 14.1. The second kappa shape index (κ2) is 9.94. The van der Waals surface area contributed by atoms with Gasteiger partial charge >= 0.3 is 5.97 Å². The summed E-state index contributed by atoms with van der Waals surface area (Å²) in [7, 11) is -3.10. The molecule has 2 heterocycles. The molecule has 1 saturated heterocycles. The normalized spacial score (nSPS) is 22.4. The van der Waals surface area contributed by atoms with Crippen molar-refractivity contribution in [3.05, 3.63) is 52.8 Å². The summed E-state index contributed by atoms with van der Waals surface area (Å²) in [6.07, 6.45) is 1.45. The minimum atomic E-state index is -4.31. The number of hydrogen-bond acceptors (Lipinski definition) is 7. The third-order valence-corrected chi connectivity index (χ3v) is 8.80. The van der Waals surface area contributed by atoms with Crippen LogP contribution in [0, 0.1) is 11.7 Å². The highest BCUT2D eigenvalue weighted by atomic mass is 32.2. The van der Waals surface area contributed by atoms with Gasteiger partial charge in [0.25, 0.3) is 10.0 Å². The molecule has 1 amide bonds. The number of anilines is 1. The van der Waals surface area contributed by atoms with E-state index < -0.39 is 21.8 Å². The fourth-order valence-electron chi connectivity index (χ4n) is 5.28. The van der Waals surface area contributed by atoms with Gasteiger partial charge in [0.1, 0.15) is 17.1 Å². The molecule has 3 atom stereocenters. The maximum Gasteiger partial charge on any atom is 0.343 e. The van der Waals surface area contributed by atoms with Gasteiger partial charge in [-0.05, 0) is 60.7 Å². The first kappa shape index (κ1) is 25.5. The third kappa shape index (κ3) is 5.15. The van der Waals surface area contributed by atoms with Crippen LogP contribution in [0.2, 0.25) is 0 Å². The van der Waals surface area contributed by atoms with Crippen molar-refractivity contribution in [2.24, 2.45) is 5.92 Å². The Morgan fingerprint density at radius 3 is 2.78 bits per heavy atom. The molecule has 0 bridgehead atoms. The van der Waals surface area contributed by atoms with Crippen molar-refractivity contribution in [2.75, 3.05) is 38.1 Å². The zero-order valence-electron chi connectivity index (χ0n) is 20.8. The van der Waals surface area contributed by atoms with Crippen molar-refractivity contribution in [3.63, 3.8) is 0 Å². The molecule has 198 valence electrons. The van der Waals surface area contributed by atoms with Crippen molar-refractivity contribution in [1.29, 1.82) is 0 Å². The molecule has 1 saturated carbocycles. The summed E-state index contributed by atoms with van der Waals surface area (Å²) in [5.74, 6) is -0.767. The Bertz CT molecular complexity index is 1350. The van der Waals surface area contributed by atoms with Gasteiger partial charge in [-0.25, -0.2) is 17.6 Å². The van der Waals surface area contributed by atoms with Gasteiger partial charge in [-0.3, -0.25) is 9.52 Å². The van der Waals surface area contributed by atoms with Crippen molar-refractivity contribution in [1.82, 2.24) is 10.2 Å². The third-order valence-electron chi connectivity index (χ3n) is 7.33. The van der Waals surface area contributed by atoms with Gasteiger partial charge in [0.05, 0.1) is 30.7 Å². The number of nitrogens with one attached hydrogen (secondary N) is 2. The van der Waals surface area contributed by atoms with E-state index in [1.54, 1.807) is 6.07 Å². The van der Waals surface area contributed by atoms with Crippen LogP contribution in [0.5, 0.6) is 5.75 Å². The summed E-state index contributed by atoms with van der Waals surface area (Å²) in [4.78, 5) is 27.4. The molecular weight excluding hydrogens is 501 g/mol. The molecule has 2 unspecified atom stereocenters. The molecule has 2 aromatic rings. The Balaban J connectivity index is 1.41. The largest absolute Gasteiger partial charge is 0.492 e. The predicted octanol–water partition coefficient (Wildman–Crippen LogP) is 2.66. The number of likely N-dealkylation sites (tertiary alicyclic amines) is 1. The van der Waals surface area contributed by atoms with Crippen LogP contribution in [-0.2, 0) is 26.0 Å². The topological polar surface area (TPSA) is 114 Å². The number of benzene rings is 2. The average Bonchev–Trinajstić information content (AvgIpc) is 3.53. The first-order valence-corrected chi connectivity index (χ1v) is 13.9. The summed E-state index contributed by atoms with van der Waals surface area (Å²) in [5.41, 5.74) is 0.865. The van der Waals surface area contributed by atoms with Crippen LogP contribution in [0.4, 0.5) is 10.1 Å². The first-order valence-electron chi connectivity index (χ1n) is 12.4. The number of amides is 1. The summed E-state index contributed by atoms with van der Waals surface area (Å²) in [5, 5.41) is 2.92. The molecule has 2 N–H and O–H groups in total. The van der Waals surface area contributed by atoms with E-state index in [9.17, 15) is 22.4 Å². The van der Waals surface area contributed by atoms with E-state index in [2.05, 4.69) is 14.9 Å². The van der Waals surface area contributed by atoms with Crippen LogP contribution >= 0.6 is 0 Å². The number of fused-ring (bicyclic) bond motifs is 3. The van der Waals surface area contributed by atoms with Gasteiger partial charge in [0.15, 0.2) is 0 Å². The van der Waals surface area contributed by atoms with Gasteiger partial charge in [0, 0.05) is 25.0 Å². The number of esters is 1. The van der Waals surface area contributed by atoms with E-state index in [1.165, 1.54) is 13.2 Å². The number of nitrogens with zero attached hydrogens (tertiary/aromatic N) is 1. The van der Waals surface area contributed by atoms with Crippen molar-refractivity contribution in [3.8, 4) is 5.75 Å². The van der Waals surface area contributed by atoms with Crippen LogP contribution in [0.1, 0.15) is 47.2 Å². The SMILES string of the molecule is CCN1CC[C@@H](NC(=O)Cc2cc(F)ccc2S(=O)(=O)Nc2ccc3c(c2C(=O)OC)OCC2CC32)C1. The van der Waals surface area contributed by atoms with Gasteiger partial charge in [-0.1, -0.05) is 13.0 Å². The molecule has 1 aliphatic carbocycles. The van der Waals surface area contributed by atoms with Crippen LogP contribution in [0.25, 0.3) is 0 Å². The summed E-state index contributed by atoms with van der Waals surface area (Å²) >= 11 is 0. The molecular formula is C26H30FN3O6S. The lowest BCUT2D eigenvalue weighted by molar-refractivity contribution is -0.121. The highest BCUT2D eigenvalue weighted by molar-refractivity contribution is 7.92. The minimum absolute atomic E-state index is 0.00274. The monoisotopic (exact) mass is 531 g/mol. The maximum absolute atomic E-state index is 14.1. The lowest BCUT2D eigenvalue weighted by Crippen LogP contribution is -2.38. The van der Waals surface area contributed by atoms with E-state index in [1.807, 2.05) is 6.92 Å². The number of likely N-dealkylation sites (N-methyl/N-ethyl adjacent to an activating group) is 1. The molecule has 2 fully saturated rings. The smallest absolute Gasteiger partial charge is 0.343 e. The number of carbonyl (C=O) groups excluding carboxylic acids is 2. The molecule has 3 aliphatic rings. The molecule has 0 aromatic heterocycles. The molecule has 0 radical (unpaired) electrons. The molecule has 9 nitrogen and oxygen atoms in total. The zero-order chi connectivity index (χ0) is 26.3. The minimum Gasteiger partial charge on any atom is -0.492 e. The number of hydrogen-bond donors (Lipinski definition) is 2. The summed E-state index contributed by atoms with van der Waals surface area (Å²) < 4.78 is 54.3. The highest BCUT2D eigenvalue weighted by Crippen LogP contribution is 2.55. The van der Waals surface area contributed by atoms with E-state index in [0.717, 1.165) is 56.2 Å². The Kier molecular flexibility index (Phi) is 6.84.